The number of amides is 1. The van der Waals surface area contributed by atoms with E-state index in [0.29, 0.717) is 19.4 Å². The molecule has 0 radical (unpaired) electrons. The van der Waals surface area contributed by atoms with Gasteiger partial charge in [-0.3, -0.25) is 14.7 Å². The molecule has 2 fully saturated rings. The van der Waals surface area contributed by atoms with Gasteiger partial charge < -0.3 is 10.0 Å². The van der Waals surface area contributed by atoms with E-state index in [1.165, 1.54) is 23.8 Å². The van der Waals surface area contributed by atoms with E-state index in [4.69, 9.17) is 5.11 Å². The molecule has 1 aromatic carbocycles. The fourth-order valence-corrected chi connectivity index (χ4v) is 4.88. The summed E-state index contributed by atoms with van der Waals surface area (Å²) in [5.74, 6) is 0.256. The van der Waals surface area contributed by atoms with Crippen LogP contribution in [0.25, 0.3) is 10.9 Å². The van der Waals surface area contributed by atoms with Crippen LogP contribution in [0.4, 0.5) is 0 Å². The predicted molar refractivity (Wildman–Crippen MR) is 106 cm³/mol. The van der Waals surface area contributed by atoms with Crippen LogP contribution in [0, 0.1) is 5.41 Å². The lowest BCUT2D eigenvalue weighted by atomic mass is 9.73. The van der Waals surface area contributed by atoms with E-state index in [1.54, 1.807) is 0 Å². The van der Waals surface area contributed by atoms with Crippen LogP contribution in [0.5, 0.6) is 0 Å². The molecule has 0 bridgehead atoms. The third kappa shape index (κ3) is 3.99. The van der Waals surface area contributed by atoms with Crippen molar-refractivity contribution in [2.24, 2.45) is 5.41 Å². The van der Waals surface area contributed by atoms with Crippen molar-refractivity contribution in [1.82, 2.24) is 14.8 Å². The van der Waals surface area contributed by atoms with Gasteiger partial charge in [-0.05, 0) is 49.9 Å². The molecule has 1 aromatic heterocycles. The summed E-state index contributed by atoms with van der Waals surface area (Å²) in [6.07, 6.45) is 6.61. The zero-order valence-corrected chi connectivity index (χ0v) is 15.9. The average molecular weight is 367 g/mol. The molecule has 1 N–H and O–H groups in total. The van der Waals surface area contributed by atoms with Gasteiger partial charge in [0, 0.05) is 56.2 Å². The van der Waals surface area contributed by atoms with Crippen LogP contribution in [-0.4, -0.2) is 58.6 Å². The Labute approximate surface area is 161 Å². The Bertz CT molecular complexity index is 804. The minimum absolute atomic E-state index is 0.151. The molecule has 144 valence electrons. The maximum atomic E-state index is 12.3. The van der Waals surface area contributed by atoms with E-state index < -0.39 is 0 Å². The first-order valence-corrected chi connectivity index (χ1v) is 10.1. The first-order valence-electron chi connectivity index (χ1n) is 10.1. The van der Waals surface area contributed by atoms with Crippen LogP contribution in [0.15, 0.2) is 36.5 Å². The molecule has 1 spiro atoms. The van der Waals surface area contributed by atoms with Crippen LogP contribution in [-0.2, 0) is 11.3 Å². The van der Waals surface area contributed by atoms with Crippen LogP contribution >= 0.6 is 0 Å². The number of piperidine rings is 2. The predicted octanol–water partition coefficient (Wildman–Crippen LogP) is 2.82. The van der Waals surface area contributed by atoms with Crippen molar-refractivity contribution < 1.29 is 9.90 Å². The SMILES string of the molecule is O=C1CC[C@]2(CCCN(Cc3ccnc4ccccc34)C2)CN1CCCO. The van der Waals surface area contributed by atoms with Gasteiger partial charge in [0.05, 0.1) is 5.52 Å². The fourth-order valence-electron chi connectivity index (χ4n) is 4.88. The third-order valence-corrected chi connectivity index (χ3v) is 6.21. The number of fused-ring (bicyclic) bond motifs is 1. The minimum Gasteiger partial charge on any atom is -0.396 e. The van der Waals surface area contributed by atoms with Crippen molar-refractivity contribution in [2.45, 2.75) is 38.6 Å². The molecule has 5 heteroatoms. The van der Waals surface area contributed by atoms with Gasteiger partial charge in [0.25, 0.3) is 0 Å². The average Bonchev–Trinajstić information content (AvgIpc) is 2.69. The Hall–Kier alpha value is -1.98. The Morgan fingerprint density at radius 2 is 2.04 bits per heavy atom. The van der Waals surface area contributed by atoms with Crippen LogP contribution in [0.1, 0.15) is 37.7 Å². The summed E-state index contributed by atoms with van der Waals surface area (Å²) >= 11 is 0. The molecule has 2 saturated heterocycles. The summed E-state index contributed by atoms with van der Waals surface area (Å²) in [6.45, 7) is 4.79. The van der Waals surface area contributed by atoms with E-state index in [0.717, 1.165) is 38.1 Å². The van der Waals surface area contributed by atoms with E-state index in [9.17, 15) is 4.79 Å². The molecule has 2 aliphatic heterocycles. The maximum Gasteiger partial charge on any atom is 0.222 e. The lowest BCUT2D eigenvalue weighted by Crippen LogP contribution is -2.54. The largest absolute Gasteiger partial charge is 0.396 e. The number of pyridine rings is 1. The summed E-state index contributed by atoms with van der Waals surface area (Å²) in [4.78, 5) is 21.3. The summed E-state index contributed by atoms with van der Waals surface area (Å²) in [7, 11) is 0. The first-order chi connectivity index (χ1) is 13.2. The van der Waals surface area contributed by atoms with E-state index >= 15 is 0 Å². The van der Waals surface area contributed by atoms with Crippen LogP contribution < -0.4 is 0 Å². The molecule has 2 aromatic rings. The molecule has 5 nitrogen and oxygen atoms in total. The quantitative estimate of drug-likeness (QED) is 0.883. The number of carbonyl (C=O) groups is 1. The van der Waals surface area contributed by atoms with Gasteiger partial charge in [-0.1, -0.05) is 18.2 Å². The number of rotatable bonds is 5. The number of benzene rings is 1. The molecular weight excluding hydrogens is 338 g/mol. The molecule has 0 saturated carbocycles. The summed E-state index contributed by atoms with van der Waals surface area (Å²) < 4.78 is 0. The normalized spacial score (nSPS) is 24.0. The van der Waals surface area contributed by atoms with Gasteiger partial charge in [0.2, 0.25) is 5.91 Å². The number of nitrogens with zero attached hydrogens (tertiary/aromatic N) is 3. The number of aliphatic hydroxyl groups excluding tert-OH is 1. The molecule has 3 heterocycles. The van der Waals surface area contributed by atoms with Gasteiger partial charge in [-0.2, -0.15) is 0 Å². The second kappa shape index (κ2) is 7.95. The number of carbonyl (C=O) groups excluding carboxylic acids is 1. The van der Waals surface area contributed by atoms with Crippen molar-refractivity contribution in [2.75, 3.05) is 32.8 Å². The fraction of sp³-hybridized carbons (Fsp3) is 0.545. The van der Waals surface area contributed by atoms with Crippen molar-refractivity contribution in [3.05, 3.63) is 42.1 Å². The molecule has 1 amide bonds. The summed E-state index contributed by atoms with van der Waals surface area (Å²) in [5.41, 5.74) is 2.60. The lowest BCUT2D eigenvalue weighted by molar-refractivity contribution is -0.139. The molecule has 0 aliphatic carbocycles. The first kappa shape index (κ1) is 18.4. The monoisotopic (exact) mass is 367 g/mol. The maximum absolute atomic E-state index is 12.3. The van der Waals surface area contributed by atoms with E-state index in [-0.39, 0.29) is 17.9 Å². The molecular formula is C22H29N3O2. The molecule has 1 atom stereocenters. The number of aromatic nitrogens is 1. The van der Waals surface area contributed by atoms with Gasteiger partial charge in [0.1, 0.15) is 0 Å². The number of likely N-dealkylation sites (tertiary alicyclic amines) is 2. The van der Waals surface area contributed by atoms with Crippen molar-refractivity contribution in [3.63, 3.8) is 0 Å². The highest BCUT2D eigenvalue weighted by Crippen LogP contribution is 2.39. The number of aliphatic hydroxyl groups is 1. The van der Waals surface area contributed by atoms with Gasteiger partial charge >= 0.3 is 0 Å². The second-order valence-electron chi connectivity index (χ2n) is 8.19. The zero-order valence-electron chi connectivity index (χ0n) is 15.9. The molecule has 2 aliphatic rings. The van der Waals surface area contributed by atoms with Crippen LogP contribution in [0.2, 0.25) is 0 Å². The molecule has 0 unspecified atom stereocenters. The number of hydrogen-bond acceptors (Lipinski definition) is 4. The van der Waals surface area contributed by atoms with E-state index in [1.807, 2.05) is 17.2 Å². The highest BCUT2D eigenvalue weighted by molar-refractivity contribution is 5.81. The topological polar surface area (TPSA) is 56.7 Å². The van der Waals surface area contributed by atoms with Crippen molar-refractivity contribution >= 4 is 16.8 Å². The smallest absolute Gasteiger partial charge is 0.222 e. The minimum atomic E-state index is 0.151. The second-order valence-corrected chi connectivity index (χ2v) is 8.19. The van der Waals surface area contributed by atoms with Crippen molar-refractivity contribution in [1.29, 1.82) is 0 Å². The molecule has 27 heavy (non-hydrogen) atoms. The lowest BCUT2D eigenvalue weighted by Gasteiger charge is -2.48. The van der Waals surface area contributed by atoms with Gasteiger partial charge in [-0.25, -0.2) is 0 Å². The van der Waals surface area contributed by atoms with Gasteiger partial charge in [-0.15, -0.1) is 0 Å². The zero-order chi connectivity index (χ0) is 18.7. The highest BCUT2D eigenvalue weighted by Gasteiger charge is 2.41. The number of hydrogen-bond donors (Lipinski definition) is 1. The van der Waals surface area contributed by atoms with Crippen molar-refractivity contribution in [3.8, 4) is 0 Å². The van der Waals surface area contributed by atoms with Crippen LogP contribution in [0.3, 0.4) is 0 Å². The standard InChI is InChI=1S/C22H29N3O2/c26-14-4-13-25-17-22(10-7-21(25)27)9-3-12-24(16-22)15-18-8-11-23-20-6-2-1-5-19(18)20/h1-2,5-6,8,11,26H,3-4,7,9-10,12-17H2/t22-/m0/s1. The Kier molecular flexibility index (Phi) is 5.41. The highest BCUT2D eigenvalue weighted by atomic mass is 16.3. The molecule has 4 rings (SSSR count). The van der Waals surface area contributed by atoms with Gasteiger partial charge in [0.15, 0.2) is 0 Å². The van der Waals surface area contributed by atoms with E-state index in [2.05, 4.69) is 34.1 Å². The summed E-state index contributed by atoms with van der Waals surface area (Å²) in [6, 6.07) is 10.5. The third-order valence-electron chi connectivity index (χ3n) is 6.21. The number of para-hydroxylation sites is 1. The summed E-state index contributed by atoms with van der Waals surface area (Å²) in [5, 5.41) is 10.4. The Balaban J connectivity index is 1.48. The Morgan fingerprint density at radius 3 is 2.93 bits per heavy atom. The Morgan fingerprint density at radius 1 is 1.15 bits per heavy atom.